The van der Waals surface area contributed by atoms with E-state index in [-0.39, 0.29) is 18.4 Å². The molecule has 3 aliphatic rings. The van der Waals surface area contributed by atoms with Crippen molar-refractivity contribution in [3.63, 3.8) is 0 Å². The molecule has 0 bridgehead atoms. The molecule has 1 saturated carbocycles. The first-order valence-corrected chi connectivity index (χ1v) is 12.0. The van der Waals surface area contributed by atoms with Crippen LogP contribution in [0.2, 0.25) is 0 Å². The van der Waals surface area contributed by atoms with Crippen molar-refractivity contribution in [1.82, 2.24) is 20.1 Å². The van der Waals surface area contributed by atoms with E-state index in [4.69, 9.17) is 14.5 Å². The van der Waals surface area contributed by atoms with Gasteiger partial charge in [0, 0.05) is 56.3 Å². The molecule has 0 radical (unpaired) electrons. The molecule has 2 fully saturated rings. The van der Waals surface area contributed by atoms with Crippen LogP contribution in [0.25, 0.3) is 0 Å². The number of benzene rings is 1. The average molecular weight is 473 g/mol. The minimum Gasteiger partial charge on any atom is -0.490 e. The van der Waals surface area contributed by atoms with E-state index in [0.717, 1.165) is 64.3 Å². The minimum atomic E-state index is 0. The number of hydrogen-bond donors (Lipinski definition) is 1. The molecule has 5 rings (SSSR count). The average Bonchev–Trinajstić information content (AvgIpc) is 2.73. The Balaban J connectivity index is 0.00000259. The maximum absolute atomic E-state index is 6.59. The zero-order valence-corrected chi connectivity index (χ0v) is 20.7. The maximum atomic E-state index is 6.59. The molecule has 7 heteroatoms. The molecule has 1 aromatic heterocycles. The molecule has 1 atom stereocenters. The zero-order valence-electron chi connectivity index (χ0n) is 19.8. The van der Waals surface area contributed by atoms with Gasteiger partial charge in [-0.15, -0.1) is 12.4 Å². The Morgan fingerprint density at radius 3 is 2.64 bits per heavy atom. The summed E-state index contributed by atoms with van der Waals surface area (Å²) >= 11 is 0. The van der Waals surface area contributed by atoms with E-state index in [1.54, 1.807) is 0 Å². The van der Waals surface area contributed by atoms with Gasteiger partial charge in [0.15, 0.2) is 0 Å². The SMILES string of the molecule is CN(C)CCOCC1c2c(OC3CC4(CNC4)C3)ccnc2CCN1Cc1ccccc1.Cl. The Labute approximate surface area is 204 Å². The van der Waals surface area contributed by atoms with Crippen molar-refractivity contribution in [3.8, 4) is 5.75 Å². The molecule has 6 nitrogen and oxygen atoms in total. The lowest BCUT2D eigenvalue weighted by Crippen LogP contribution is -2.62. The van der Waals surface area contributed by atoms with Crippen LogP contribution in [0.4, 0.5) is 0 Å². The fourth-order valence-corrected chi connectivity index (χ4v) is 5.32. The van der Waals surface area contributed by atoms with Crippen LogP contribution < -0.4 is 10.1 Å². The number of aromatic nitrogens is 1. The lowest BCUT2D eigenvalue weighted by Gasteiger charge is -2.54. The molecule has 0 amide bonds. The van der Waals surface area contributed by atoms with Crippen molar-refractivity contribution in [2.24, 2.45) is 5.41 Å². The molecule has 1 aromatic carbocycles. The van der Waals surface area contributed by atoms with Gasteiger partial charge in [0.25, 0.3) is 0 Å². The topological polar surface area (TPSA) is 49.9 Å². The molecule has 1 N–H and O–H groups in total. The lowest BCUT2D eigenvalue weighted by atomic mass is 9.63. The highest BCUT2D eigenvalue weighted by Gasteiger charge is 2.50. The van der Waals surface area contributed by atoms with Crippen LogP contribution in [-0.2, 0) is 17.7 Å². The fourth-order valence-electron chi connectivity index (χ4n) is 5.32. The van der Waals surface area contributed by atoms with Crippen LogP contribution >= 0.6 is 12.4 Å². The first-order valence-electron chi connectivity index (χ1n) is 12.0. The molecule has 1 unspecified atom stereocenters. The number of halogens is 1. The van der Waals surface area contributed by atoms with Crippen LogP contribution in [0.3, 0.4) is 0 Å². The van der Waals surface area contributed by atoms with Crippen molar-refractivity contribution >= 4 is 12.4 Å². The summed E-state index contributed by atoms with van der Waals surface area (Å²) in [5.41, 5.74) is 4.25. The predicted molar refractivity (Wildman–Crippen MR) is 133 cm³/mol. The van der Waals surface area contributed by atoms with Gasteiger partial charge in [0.1, 0.15) is 5.75 Å². The molecule has 33 heavy (non-hydrogen) atoms. The van der Waals surface area contributed by atoms with Gasteiger partial charge in [0.05, 0.1) is 31.1 Å². The van der Waals surface area contributed by atoms with Crippen molar-refractivity contribution in [2.75, 3.05) is 53.5 Å². The zero-order chi connectivity index (χ0) is 22.0. The van der Waals surface area contributed by atoms with E-state index in [0.29, 0.717) is 18.1 Å². The van der Waals surface area contributed by atoms with Crippen LogP contribution in [-0.4, -0.2) is 74.4 Å². The molecular formula is C26H37ClN4O2. The monoisotopic (exact) mass is 472 g/mol. The van der Waals surface area contributed by atoms with E-state index < -0.39 is 0 Å². The number of likely N-dealkylation sites (N-methyl/N-ethyl adjacent to an activating group) is 1. The summed E-state index contributed by atoms with van der Waals surface area (Å²) in [6.45, 7) is 6.50. The molecular weight excluding hydrogens is 436 g/mol. The molecule has 1 saturated heterocycles. The van der Waals surface area contributed by atoms with Crippen LogP contribution in [0, 0.1) is 5.41 Å². The predicted octanol–water partition coefficient (Wildman–Crippen LogP) is 3.31. The number of fused-ring (bicyclic) bond motifs is 1. The van der Waals surface area contributed by atoms with Crippen molar-refractivity contribution < 1.29 is 9.47 Å². The summed E-state index contributed by atoms with van der Waals surface area (Å²) in [6, 6.07) is 13.0. The van der Waals surface area contributed by atoms with E-state index >= 15 is 0 Å². The second kappa shape index (κ2) is 10.7. The summed E-state index contributed by atoms with van der Waals surface area (Å²) in [5.74, 6) is 1.01. The molecule has 1 spiro atoms. The second-order valence-electron chi connectivity index (χ2n) is 10.0. The second-order valence-corrected chi connectivity index (χ2v) is 10.0. The van der Waals surface area contributed by atoms with Crippen LogP contribution in [0.5, 0.6) is 5.75 Å². The Morgan fingerprint density at radius 2 is 1.94 bits per heavy atom. The first-order chi connectivity index (χ1) is 15.6. The third-order valence-corrected chi connectivity index (χ3v) is 7.24. The molecule has 180 valence electrons. The molecule has 2 aromatic rings. The van der Waals surface area contributed by atoms with Crippen molar-refractivity contribution in [3.05, 3.63) is 59.4 Å². The van der Waals surface area contributed by atoms with Crippen molar-refractivity contribution in [2.45, 2.75) is 38.0 Å². The number of rotatable bonds is 9. The van der Waals surface area contributed by atoms with Crippen LogP contribution in [0.15, 0.2) is 42.6 Å². The van der Waals surface area contributed by atoms with Gasteiger partial charge in [-0.3, -0.25) is 9.88 Å². The van der Waals surface area contributed by atoms with Gasteiger partial charge in [-0.25, -0.2) is 0 Å². The Kier molecular flexibility index (Phi) is 7.92. The van der Waals surface area contributed by atoms with E-state index in [1.807, 2.05) is 6.20 Å². The third-order valence-electron chi connectivity index (χ3n) is 7.24. The third kappa shape index (κ3) is 5.52. The van der Waals surface area contributed by atoms with E-state index in [9.17, 15) is 0 Å². The van der Waals surface area contributed by atoms with Gasteiger partial charge in [0.2, 0.25) is 0 Å². The Morgan fingerprint density at radius 1 is 1.15 bits per heavy atom. The summed E-state index contributed by atoms with van der Waals surface area (Å²) < 4.78 is 12.8. The highest BCUT2D eigenvalue weighted by Crippen LogP contribution is 2.47. The number of hydrogen-bond acceptors (Lipinski definition) is 6. The van der Waals surface area contributed by atoms with Gasteiger partial charge in [-0.05, 0) is 38.6 Å². The molecule has 1 aliphatic carbocycles. The van der Waals surface area contributed by atoms with Gasteiger partial charge >= 0.3 is 0 Å². The highest BCUT2D eigenvalue weighted by molar-refractivity contribution is 5.85. The minimum absolute atomic E-state index is 0. The summed E-state index contributed by atoms with van der Waals surface area (Å²) in [4.78, 5) is 9.46. The van der Waals surface area contributed by atoms with Crippen LogP contribution in [0.1, 0.15) is 35.7 Å². The summed E-state index contributed by atoms with van der Waals surface area (Å²) in [6.07, 6.45) is 5.52. The first kappa shape index (κ1) is 24.4. The van der Waals surface area contributed by atoms with Crippen molar-refractivity contribution in [1.29, 1.82) is 0 Å². The fraction of sp³-hybridized carbons (Fsp3) is 0.577. The van der Waals surface area contributed by atoms with E-state index in [1.165, 1.54) is 16.8 Å². The number of nitrogens with one attached hydrogen (secondary N) is 1. The largest absolute Gasteiger partial charge is 0.490 e. The van der Waals surface area contributed by atoms with Gasteiger partial charge < -0.3 is 19.7 Å². The van der Waals surface area contributed by atoms with Gasteiger partial charge in [-0.1, -0.05) is 30.3 Å². The molecule has 2 aliphatic heterocycles. The van der Waals surface area contributed by atoms with Gasteiger partial charge in [-0.2, -0.15) is 0 Å². The Hall–Kier alpha value is -1.70. The Bertz CT molecular complexity index is 898. The normalized spacial score (nSPS) is 21.7. The highest BCUT2D eigenvalue weighted by atomic mass is 35.5. The maximum Gasteiger partial charge on any atom is 0.127 e. The van der Waals surface area contributed by atoms with E-state index in [2.05, 4.69) is 65.6 Å². The number of nitrogens with zero attached hydrogens (tertiary/aromatic N) is 3. The quantitative estimate of drug-likeness (QED) is 0.565. The molecule has 3 heterocycles. The standard InChI is InChI=1S/C26H36N4O2.ClH/c1-29(2)12-13-31-17-23-25-22(9-11-30(23)16-20-6-4-3-5-7-20)28-10-8-24(25)32-21-14-26(15-21)18-27-19-26;/h3-8,10,21,23,27H,9,11-19H2,1-2H3;1H. The number of pyridine rings is 1. The lowest BCUT2D eigenvalue weighted by molar-refractivity contribution is -0.0511. The smallest absolute Gasteiger partial charge is 0.127 e. The summed E-state index contributed by atoms with van der Waals surface area (Å²) in [7, 11) is 4.17. The summed E-state index contributed by atoms with van der Waals surface area (Å²) in [5, 5.41) is 3.42. The number of ether oxygens (including phenoxy) is 2.